The van der Waals surface area contributed by atoms with Crippen molar-refractivity contribution in [2.75, 3.05) is 7.11 Å². The molecule has 0 spiro atoms. The highest BCUT2D eigenvalue weighted by Crippen LogP contribution is 2.25. The van der Waals surface area contributed by atoms with Gasteiger partial charge in [0.1, 0.15) is 11.5 Å². The predicted octanol–water partition coefficient (Wildman–Crippen LogP) is 1.72. The van der Waals surface area contributed by atoms with E-state index in [1.54, 1.807) is 37.3 Å². The summed E-state index contributed by atoms with van der Waals surface area (Å²) in [6.07, 6.45) is 1.41. The van der Waals surface area contributed by atoms with Crippen molar-refractivity contribution in [3.63, 3.8) is 0 Å². The maximum Gasteiger partial charge on any atom is 0.340 e. The molecule has 2 aromatic rings. The number of methoxy groups -OCH3 is 1. The van der Waals surface area contributed by atoms with Gasteiger partial charge in [-0.25, -0.2) is 17.9 Å². The van der Waals surface area contributed by atoms with Crippen LogP contribution in [-0.4, -0.2) is 27.4 Å². The molecule has 1 aliphatic heterocycles. The van der Waals surface area contributed by atoms with Gasteiger partial charge in [-0.1, -0.05) is 18.2 Å². The van der Waals surface area contributed by atoms with Crippen molar-refractivity contribution < 1.29 is 27.2 Å². The molecule has 0 bridgehead atoms. The predicted molar refractivity (Wildman–Crippen MR) is 100 cm³/mol. The number of hydrogen-bond donors (Lipinski definition) is 2. The van der Waals surface area contributed by atoms with Gasteiger partial charge >= 0.3 is 5.97 Å². The number of esters is 1. The van der Waals surface area contributed by atoms with Crippen LogP contribution in [0.5, 0.6) is 0 Å². The largest absolute Gasteiger partial charge is 0.465 e. The van der Waals surface area contributed by atoms with E-state index in [1.165, 1.54) is 25.3 Å². The summed E-state index contributed by atoms with van der Waals surface area (Å²) >= 11 is 0. The van der Waals surface area contributed by atoms with Crippen LogP contribution in [0.25, 0.3) is 6.08 Å². The van der Waals surface area contributed by atoms with E-state index in [2.05, 4.69) is 10.0 Å². The monoisotopic (exact) mass is 402 g/mol. The highest BCUT2D eigenvalue weighted by atomic mass is 32.2. The number of carbonyl (C=O) groups excluding carboxylic acids is 2. The van der Waals surface area contributed by atoms with Gasteiger partial charge in [0.05, 0.1) is 29.7 Å². The van der Waals surface area contributed by atoms with Crippen LogP contribution >= 0.6 is 0 Å². The summed E-state index contributed by atoms with van der Waals surface area (Å²) < 4.78 is 37.2. The van der Waals surface area contributed by atoms with Gasteiger partial charge in [0, 0.05) is 5.70 Å². The molecule has 146 valence electrons. The van der Waals surface area contributed by atoms with E-state index in [0.29, 0.717) is 17.2 Å². The number of ether oxygens (including phenoxy) is 1. The average molecular weight is 402 g/mol. The minimum absolute atomic E-state index is 0.0642. The fraction of sp³-hybridized carbons (Fsp3) is 0.158. The van der Waals surface area contributed by atoms with Crippen molar-refractivity contribution >= 4 is 28.0 Å². The number of allylic oxidation sites excluding steroid dienone is 1. The van der Waals surface area contributed by atoms with E-state index in [-0.39, 0.29) is 22.6 Å². The van der Waals surface area contributed by atoms with Crippen LogP contribution in [0, 0.1) is 0 Å². The molecule has 0 aliphatic carbocycles. The molecule has 0 radical (unpaired) electrons. The normalized spacial score (nSPS) is 15.8. The first-order chi connectivity index (χ1) is 13.3. The number of hydrogen-bond acceptors (Lipinski definition) is 6. The number of nitrogens with one attached hydrogen (secondary N) is 2. The van der Waals surface area contributed by atoms with Crippen molar-refractivity contribution in [2.24, 2.45) is 0 Å². The number of furan rings is 1. The molecular formula is C19H18N2O6S. The molecule has 1 amide bonds. The van der Waals surface area contributed by atoms with Gasteiger partial charge in [-0.3, -0.25) is 4.79 Å². The second kappa shape index (κ2) is 7.83. The van der Waals surface area contributed by atoms with Crippen molar-refractivity contribution in [1.82, 2.24) is 10.0 Å². The third-order valence-corrected chi connectivity index (χ3v) is 5.46. The summed E-state index contributed by atoms with van der Waals surface area (Å²) in [5, 5.41) is 2.56. The Balaban J connectivity index is 1.77. The van der Waals surface area contributed by atoms with E-state index in [4.69, 9.17) is 9.15 Å². The van der Waals surface area contributed by atoms with Crippen LogP contribution in [0.4, 0.5) is 0 Å². The Morgan fingerprint density at radius 2 is 1.93 bits per heavy atom. The molecule has 1 aromatic heterocycles. The summed E-state index contributed by atoms with van der Waals surface area (Å²) in [4.78, 5) is 24.1. The lowest BCUT2D eigenvalue weighted by Crippen LogP contribution is -2.22. The second-order valence-corrected chi connectivity index (χ2v) is 7.71. The minimum atomic E-state index is -3.67. The SMILES string of the molecule is COC(=O)C1=C(C)NC(=O)/C1=C/c1ccc(CNS(=O)(=O)c2ccccc2)o1. The topological polar surface area (TPSA) is 115 Å². The number of carbonyl (C=O) groups is 2. The summed E-state index contributed by atoms with van der Waals surface area (Å²) in [5.74, 6) is -0.426. The third-order valence-electron chi connectivity index (χ3n) is 4.04. The Bertz CT molecular complexity index is 1080. The van der Waals surface area contributed by atoms with Gasteiger partial charge in [0.25, 0.3) is 5.91 Å². The van der Waals surface area contributed by atoms with Gasteiger partial charge < -0.3 is 14.5 Å². The number of benzene rings is 1. The smallest absolute Gasteiger partial charge is 0.340 e. The van der Waals surface area contributed by atoms with Crippen molar-refractivity contribution in [3.05, 3.63) is 70.8 Å². The molecule has 28 heavy (non-hydrogen) atoms. The summed E-state index contributed by atoms with van der Waals surface area (Å²) in [6.45, 7) is 1.53. The molecule has 0 unspecified atom stereocenters. The van der Waals surface area contributed by atoms with Gasteiger partial charge in [-0.05, 0) is 37.3 Å². The van der Waals surface area contributed by atoms with Gasteiger partial charge in [0.15, 0.2) is 0 Å². The molecule has 0 fully saturated rings. The molecule has 9 heteroatoms. The Labute approximate surface area is 161 Å². The molecular weight excluding hydrogens is 384 g/mol. The van der Waals surface area contributed by atoms with Crippen molar-refractivity contribution in [2.45, 2.75) is 18.4 Å². The van der Waals surface area contributed by atoms with E-state index in [0.717, 1.165) is 0 Å². The summed E-state index contributed by atoms with van der Waals surface area (Å²) in [5.41, 5.74) is 0.649. The van der Waals surface area contributed by atoms with Crippen LogP contribution in [0.1, 0.15) is 18.4 Å². The standard InChI is InChI=1S/C19H18N2O6S/c1-12-17(19(23)26-2)16(18(22)21-12)10-13-8-9-14(27-13)11-20-28(24,25)15-6-4-3-5-7-15/h3-10,20H,11H2,1-2H3,(H,21,22)/b16-10+. The second-order valence-electron chi connectivity index (χ2n) is 5.95. The van der Waals surface area contributed by atoms with Crippen LogP contribution in [0.2, 0.25) is 0 Å². The fourth-order valence-electron chi connectivity index (χ4n) is 2.68. The maximum atomic E-state index is 12.2. The minimum Gasteiger partial charge on any atom is -0.465 e. The summed E-state index contributed by atoms with van der Waals surface area (Å²) in [6, 6.07) is 11.1. The maximum absolute atomic E-state index is 12.2. The highest BCUT2D eigenvalue weighted by molar-refractivity contribution is 7.89. The lowest BCUT2D eigenvalue weighted by Gasteiger charge is -2.04. The third kappa shape index (κ3) is 4.05. The first-order valence-corrected chi connectivity index (χ1v) is 9.76. The van der Waals surface area contributed by atoms with E-state index in [9.17, 15) is 18.0 Å². The Kier molecular flexibility index (Phi) is 5.48. The van der Waals surface area contributed by atoms with Crippen LogP contribution in [0.15, 0.2) is 68.6 Å². The molecule has 0 saturated carbocycles. The van der Waals surface area contributed by atoms with Crippen LogP contribution < -0.4 is 10.0 Å². The molecule has 0 atom stereocenters. The van der Waals surface area contributed by atoms with Crippen LogP contribution in [0.3, 0.4) is 0 Å². The number of rotatable bonds is 6. The molecule has 2 N–H and O–H groups in total. The quantitative estimate of drug-likeness (QED) is 0.562. The molecule has 1 aromatic carbocycles. The molecule has 3 rings (SSSR count). The number of sulfonamides is 1. The van der Waals surface area contributed by atoms with Crippen molar-refractivity contribution in [3.8, 4) is 0 Å². The van der Waals surface area contributed by atoms with E-state index >= 15 is 0 Å². The molecule has 2 heterocycles. The molecule has 0 saturated heterocycles. The highest BCUT2D eigenvalue weighted by Gasteiger charge is 2.31. The Morgan fingerprint density at radius 1 is 1.21 bits per heavy atom. The first kappa shape index (κ1) is 19.6. The summed E-state index contributed by atoms with van der Waals surface area (Å²) in [7, 11) is -2.44. The first-order valence-electron chi connectivity index (χ1n) is 8.28. The van der Waals surface area contributed by atoms with E-state index < -0.39 is 21.9 Å². The number of amides is 1. The molecule has 1 aliphatic rings. The molecule has 8 nitrogen and oxygen atoms in total. The zero-order valence-electron chi connectivity index (χ0n) is 15.2. The lowest BCUT2D eigenvalue weighted by atomic mass is 10.1. The lowest BCUT2D eigenvalue weighted by molar-refractivity contribution is -0.136. The zero-order valence-corrected chi connectivity index (χ0v) is 16.0. The van der Waals surface area contributed by atoms with Gasteiger partial charge in [0.2, 0.25) is 10.0 Å². The van der Waals surface area contributed by atoms with E-state index in [1.807, 2.05) is 0 Å². The van der Waals surface area contributed by atoms with Gasteiger partial charge in [-0.15, -0.1) is 0 Å². The zero-order chi connectivity index (χ0) is 20.3. The fourth-order valence-corrected chi connectivity index (χ4v) is 3.69. The Hall–Kier alpha value is -3.17. The van der Waals surface area contributed by atoms with Crippen molar-refractivity contribution in [1.29, 1.82) is 0 Å². The van der Waals surface area contributed by atoms with Gasteiger partial charge in [-0.2, -0.15) is 0 Å². The van der Waals surface area contributed by atoms with Crippen LogP contribution in [-0.2, 0) is 30.9 Å². The Morgan fingerprint density at radius 3 is 2.61 bits per heavy atom. The average Bonchev–Trinajstić information content (AvgIpc) is 3.24.